The van der Waals surface area contributed by atoms with Crippen LogP contribution in [-0.4, -0.2) is 5.97 Å². The van der Waals surface area contributed by atoms with Gasteiger partial charge in [0.15, 0.2) is 0 Å². The number of rotatable bonds is 4. The number of hydrogen-bond acceptors (Lipinski definition) is 2. The minimum absolute atomic E-state index is 0.118. The van der Waals surface area contributed by atoms with Gasteiger partial charge in [-0.3, -0.25) is 4.79 Å². The van der Waals surface area contributed by atoms with E-state index >= 15 is 0 Å². The molecule has 1 aliphatic carbocycles. The van der Waals surface area contributed by atoms with Crippen LogP contribution < -0.4 is 0 Å². The topological polar surface area (TPSA) is 26.3 Å². The van der Waals surface area contributed by atoms with E-state index in [9.17, 15) is 4.79 Å². The van der Waals surface area contributed by atoms with Crippen LogP contribution >= 0.6 is 0 Å². The summed E-state index contributed by atoms with van der Waals surface area (Å²) in [5.74, 6) is 0.844. The SMILES string of the molecule is CC(C)=C(OC(=O)C(C)(C)C)[C@@H]1CC1(c1ccccc1)c1ccccc1. The molecule has 1 aliphatic rings. The molecule has 0 spiro atoms. The van der Waals surface area contributed by atoms with Crippen LogP contribution in [0.1, 0.15) is 52.2 Å². The van der Waals surface area contributed by atoms with Gasteiger partial charge in [-0.15, -0.1) is 0 Å². The molecule has 0 N–H and O–H groups in total. The molecule has 0 unspecified atom stereocenters. The van der Waals surface area contributed by atoms with Gasteiger partial charge in [0.2, 0.25) is 0 Å². The minimum Gasteiger partial charge on any atom is -0.430 e. The van der Waals surface area contributed by atoms with Crippen molar-refractivity contribution in [1.82, 2.24) is 0 Å². The Morgan fingerprint density at radius 3 is 1.77 bits per heavy atom. The van der Waals surface area contributed by atoms with Crippen molar-refractivity contribution in [2.75, 3.05) is 0 Å². The standard InChI is InChI=1S/C24H28O2/c1-17(2)21(26-22(25)23(3,4)5)20-16-24(20,18-12-8-6-9-13-18)19-14-10-7-11-15-19/h6-15,20H,16H2,1-5H3/t20-/m0/s1. The zero-order chi connectivity index (χ0) is 18.9. The molecule has 136 valence electrons. The zero-order valence-corrected chi connectivity index (χ0v) is 16.4. The molecule has 2 aromatic carbocycles. The first-order chi connectivity index (χ1) is 12.3. The van der Waals surface area contributed by atoms with E-state index in [-0.39, 0.29) is 17.3 Å². The Labute approximate surface area is 156 Å². The van der Waals surface area contributed by atoms with Crippen LogP contribution in [0.3, 0.4) is 0 Å². The molecule has 1 fully saturated rings. The quantitative estimate of drug-likeness (QED) is 0.510. The lowest BCUT2D eigenvalue weighted by Gasteiger charge is -2.23. The second-order valence-corrected chi connectivity index (χ2v) is 8.46. The summed E-state index contributed by atoms with van der Waals surface area (Å²) in [4.78, 5) is 12.5. The van der Waals surface area contributed by atoms with Crippen molar-refractivity contribution in [3.8, 4) is 0 Å². The lowest BCUT2D eigenvalue weighted by atomic mass is 9.85. The fourth-order valence-corrected chi connectivity index (χ4v) is 3.63. The van der Waals surface area contributed by atoms with Crippen LogP contribution in [0.25, 0.3) is 0 Å². The lowest BCUT2D eigenvalue weighted by molar-refractivity contribution is -0.149. The molecule has 0 radical (unpaired) electrons. The van der Waals surface area contributed by atoms with E-state index in [1.807, 2.05) is 46.8 Å². The maximum atomic E-state index is 12.5. The first kappa shape index (κ1) is 18.4. The first-order valence-corrected chi connectivity index (χ1v) is 9.27. The van der Waals surface area contributed by atoms with E-state index in [4.69, 9.17) is 4.74 Å². The fraction of sp³-hybridized carbons (Fsp3) is 0.375. The van der Waals surface area contributed by atoms with E-state index in [0.29, 0.717) is 0 Å². The summed E-state index contributed by atoms with van der Waals surface area (Å²) in [7, 11) is 0. The number of carbonyl (C=O) groups excluding carboxylic acids is 1. The van der Waals surface area contributed by atoms with Crippen LogP contribution in [0, 0.1) is 11.3 Å². The highest BCUT2D eigenvalue weighted by Crippen LogP contribution is 2.62. The molecule has 2 nitrogen and oxygen atoms in total. The summed E-state index contributed by atoms with van der Waals surface area (Å²) in [6.07, 6.45) is 0.957. The predicted molar refractivity (Wildman–Crippen MR) is 106 cm³/mol. The molecule has 0 amide bonds. The third-order valence-electron chi connectivity index (χ3n) is 5.16. The average molecular weight is 348 g/mol. The molecule has 0 saturated heterocycles. The minimum atomic E-state index is -0.516. The molecular weight excluding hydrogens is 320 g/mol. The highest BCUT2D eigenvalue weighted by atomic mass is 16.5. The van der Waals surface area contributed by atoms with Gasteiger partial charge >= 0.3 is 5.97 Å². The van der Waals surface area contributed by atoms with E-state index in [1.165, 1.54) is 11.1 Å². The van der Waals surface area contributed by atoms with Gasteiger partial charge in [0.25, 0.3) is 0 Å². The van der Waals surface area contributed by atoms with Crippen molar-refractivity contribution >= 4 is 5.97 Å². The van der Waals surface area contributed by atoms with E-state index < -0.39 is 5.41 Å². The van der Waals surface area contributed by atoms with Gasteiger partial charge in [-0.05, 0) is 57.7 Å². The summed E-state index contributed by atoms with van der Waals surface area (Å²) in [5, 5.41) is 0. The summed E-state index contributed by atoms with van der Waals surface area (Å²) in [6.45, 7) is 9.75. The Balaban J connectivity index is 2.02. The third-order valence-corrected chi connectivity index (χ3v) is 5.16. The van der Waals surface area contributed by atoms with Crippen molar-refractivity contribution in [3.05, 3.63) is 83.1 Å². The molecule has 2 aromatic rings. The van der Waals surface area contributed by atoms with Crippen molar-refractivity contribution < 1.29 is 9.53 Å². The average Bonchev–Trinajstić information content (AvgIpc) is 3.36. The molecule has 26 heavy (non-hydrogen) atoms. The molecule has 0 aliphatic heterocycles. The van der Waals surface area contributed by atoms with Gasteiger partial charge in [0.05, 0.1) is 5.41 Å². The summed E-state index contributed by atoms with van der Waals surface area (Å²) < 4.78 is 5.94. The van der Waals surface area contributed by atoms with Crippen LogP contribution in [0.4, 0.5) is 0 Å². The van der Waals surface area contributed by atoms with Crippen LogP contribution in [0.2, 0.25) is 0 Å². The normalized spacial score (nSPS) is 18.1. The molecule has 1 saturated carbocycles. The molecule has 2 heteroatoms. The molecule has 3 rings (SSSR count). The molecule has 1 atom stereocenters. The first-order valence-electron chi connectivity index (χ1n) is 9.27. The summed E-state index contributed by atoms with van der Waals surface area (Å²) in [6, 6.07) is 21.1. The van der Waals surface area contributed by atoms with Gasteiger partial charge in [-0.1, -0.05) is 60.7 Å². The maximum Gasteiger partial charge on any atom is 0.316 e. The number of hydrogen-bond donors (Lipinski definition) is 0. The second-order valence-electron chi connectivity index (χ2n) is 8.46. The fourth-order valence-electron chi connectivity index (χ4n) is 3.63. The van der Waals surface area contributed by atoms with Crippen LogP contribution in [0.5, 0.6) is 0 Å². The molecule has 0 bridgehead atoms. The van der Waals surface area contributed by atoms with E-state index in [2.05, 4.69) is 48.5 Å². The van der Waals surface area contributed by atoms with Crippen molar-refractivity contribution in [2.45, 2.75) is 46.5 Å². The Morgan fingerprint density at radius 1 is 0.923 bits per heavy atom. The number of esters is 1. The number of ether oxygens (including phenoxy) is 1. The predicted octanol–water partition coefficient (Wildman–Crippen LogP) is 5.88. The number of allylic oxidation sites excluding steroid dienone is 2. The Bertz CT molecular complexity index is 767. The highest BCUT2D eigenvalue weighted by molar-refractivity contribution is 5.76. The number of carbonyl (C=O) groups is 1. The largest absolute Gasteiger partial charge is 0.430 e. The lowest BCUT2D eigenvalue weighted by Crippen LogP contribution is -2.24. The molecule has 0 heterocycles. The highest BCUT2D eigenvalue weighted by Gasteiger charge is 2.59. The summed E-state index contributed by atoms with van der Waals surface area (Å²) in [5.41, 5.74) is 3.00. The Morgan fingerprint density at radius 2 is 1.38 bits per heavy atom. The maximum absolute atomic E-state index is 12.5. The van der Waals surface area contributed by atoms with Crippen LogP contribution in [0.15, 0.2) is 72.0 Å². The second kappa shape index (κ2) is 6.75. The van der Waals surface area contributed by atoms with E-state index in [1.54, 1.807) is 0 Å². The van der Waals surface area contributed by atoms with Crippen molar-refractivity contribution in [1.29, 1.82) is 0 Å². The monoisotopic (exact) mass is 348 g/mol. The van der Waals surface area contributed by atoms with Gasteiger partial charge < -0.3 is 4.74 Å². The zero-order valence-electron chi connectivity index (χ0n) is 16.4. The van der Waals surface area contributed by atoms with Crippen LogP contribution in [-0.2, 0) is 14.9 Å². The van der Waals surface area contributed by atoms with Gasteiger partial charge in [0, 0.05) is 11.3 Å². The Kier molecular flexibility index (Phi) is 4.79. The Hall–Kier alpha value is -2.35. The third kappa shape index (κ3) is 3.33. The smallest absolute Gasteiger partial charge is 0.316 e. The van der Waals surface area contributed by atoms with Gasteiger partial charge in [-0.25, -0.2) is 0 Å². The molecule has 0 aromatic heterocycles. The van der Waals surface area contributed by atoms with E-state index in [0.717, 1.165) is 17.8 Å². The van der Waals surface area contributed by atoms with Gasteiger partial charge in [0.1, 0.15) is 5.76 Å². The number of benzene rings is 2. The van der Waals surface area contributed by atoms with Gasteiger partial charge in [-0.2, -0.15) is 0 Å². The molecular formula is C24H28O2. The van der Waals surface area contributed by atoms with Crippen molar-refractivity contribution in [3.63, 3.8) is 0 Å². The van der Waals surface area contributed by atoms with Crippen molar-refractivity contribution in [2.24, 2.45) is 11.3 Å². The summed E-state index contributed by atoms with van der Waals surface area (Å²) >= 11 is 0.